The molecule has 0 saturated carbocycles. The first-order chi connectivity index (χ1) is 8.79. The van der Waals surface area contributed by atoms with Crippen LogP contribution in [0.1, 0.15) is 43.7 Å². The zero-order valence-corrected chi connectivity index (χ0v) is 9.59. The molecule has 2 aliphatic rings. The Morgan fingerprint density at radius 2 is 1.00 bits per heavy atom. The summed E-state index contributed by atoms with van der Waals surface area (Å²) in [6.45, 7) is 0. The van der Waals surface area contributed by atoms with Gasteiger partial charge in [0.05, 0.1) is 11.8 Å². The van der Waals surface area contributed by atoms with Gasteiger partial charge in [0.15, 0.2) is 11.6 Å². The van der Waals surface area contributed by atoms with Crippen LogP contribution in [0.5, 0.6) is 0 Å². The second kappa shape index (κ2) is 3.16. The van der Waals surface area contributed by atoms with Gasteiger partial charge in [0.25, 0.3) is 0 Å². The molecular formula is C16H10O2. The lowest BCUT2D eigenvalue weighted by Crippen LogP contribution is -2.09. The monoisotopic (exact) mass is 234 g/mol. The molecule has 0 bridgehead atoms. The highest BCUT2D eigenvalue weighted by atomic mass is 16.1. The van der Waals surface area contributed by atoms with Crippen LogP contribution in [0, 0.1) is 0 Å². The summed E-state index contributed by atoms with van der Waals surface area (Å²) in [5.41, 5.74) is 3.23. The van der Waals surface area contributed by atoms with Crippen molar-refractivity contribution in [2.24, 2.45) is 0 Å². The van der Waals surface area contributed by atoms with Gasteiger partial charge < -0.3 is 0 Å². The number of hydrogen-bond acceptors (Lipinski definition) is 2. The Kier molecular flexibility index (Phi) is 1.72. The third-order valence-electron chi connectivity index (χ3n) is 4.02. The Hall–Kier alpha value is -2.22. The average Bonchev–Trinajstić information content (AvgIpc) is 2.87. The topological polar surface area (TPSA) is 34.1 Å². The molecule has 0 amide bonds. The van der Waals surface area contributed by atoms with E-state index < -0.39 is 0 Å². The number of carbonyl (C=O) groups excluding carboxylic acids is 2. The predicted octanol–water partition coefficient (Wildman–Crippen LogP) is 2.95. The van der Waals surface area contributed by atoms with Gasteiger partial charge in [-0.3, -0.25) is 9.59 Å². The van der Waals surface area contributed by atoms with E-state index in [1.54, 1.807) is 0 Å². The van der Waals surface area contributed by atoms with Gasteiger partial charge in [-0.05, 0) is 11.1 Å². The Labute approximate surface area is 104 Å². The van der Waals surface area contributed by atoms with Crippen LogP contribution in [0.4, 0.5) is 0 Å². The Morgan fingerprint density at radius 1 is 0.611 bits per heavy atom. The Morgan fingerprint density at radius 3 is 1.44 bits per heavy atom. The van der Waals surface area contributed by atoms with Gasteiger partial charge >= 0.3 is 0 Å². The summed E-state index contributed by atoms with van der Waals surface area (Å²) in [6, 6.07) is 15.0. The van der Waals surface area contributed by atoms with Crippen LogP contribution in [0.3, 0.4) is 0 Å². The minimum absolute atomic E-state index is 0.0916. The molecule has 2 atom stereocenters. The highest BCUT2D eigenvalue weighted by Crippen LogP contribution is 2.51. The second-order valence-electron chi connectivity index (χ2n) is 4.86. The zero-order chi connectivity index (χ0) is 12.3. The lowest BCUT2D eigenvalue weighted by molar-refractivity contribution is 0.0913. The molecular weight excluding hydrogens is 224 g/mol. The average molecular weight is 234 g/mol. The summed E-state index contributed by atoms with van der Waals surface area (Å²) in [5, 5.41) is 0. The maximum atomic E-state index is 12.4. The third-order valence-corrected chi connectivity index (χ3v) is 4.02. The molecule has 2 aromatic rings. The first-order valence-corrected chi connectivity index (χ1v) is 6.05. The summed E-state index contributed by atoms with van der Waals surface area (Å²) < 4.78 is 0. The van der Waals surface area contributed by atoms with E-state index in [0.717, 1.165) is 22.3 Å². The first-order valence-electron chi connectivity index (χ1n) is 6.05. The van der Waals surface area contributed by atoms with Crippen molar-refractivity contribution in [2.45, 2.75) is 11.8 Å². The van der Waals surface area contributed by atoms with Gasteiger partial charge in [0.1, 0.15) is 0 Å². The van der Waals surface area contributed by atoms with E-state index in [1.807, 2.05) is 48.5 Å². The Bertz CT molecular complexity index is 638. The van der Waals surface area contributed by atoms with E-state index in [9.17, 15) is 9.59 Å². The minimum atomic E-state index is -0.286. The lowest BCUT2D eigenvalue weighted by Gasteiger charge is -2.06. The number of fused-ring (bicyclic) bond motifs is 5. The maximum Gasteiger partial charge on any atom is 0.171 e. The van der Waals surface area contributed by atoms with Crippen molar-refractivity contribution >= 4 is 11.6 Å². The number of hydrogen-bond donors (Lipinski definition) is 0. The van der Waals surface area contributed by atoms with Gasteiger partial charge in [-0.25, -0.2) is 0 Å². The van der Waals surface area contributed by atoms with Gasteiger partial charge in [-0.2, -0.15) is 0 Å². The highest BCUT2D eigenvalue weighted by Gasteiger charge is 2.50. The largest absolute Gasteiger partial charge is 0.293 e. The molecule has 18 heavy (non-hydrogen) atoms. The normalized spacial score (nSPS) is 23.8. The summed E-state index contributed by atoms with van der Waals surface area (Å²) in [5.74, 6) is -0.389. The van der Waals surface area contributed by atoms with Crippen LogP contribution in [0.15, 0.2) is 48.5 Å². The standard InChI is InChI=1S/C16H10O2/c17-15-11-7-3-1-5-9(11)13-14(15)10-6-2-4-8-12(10)16(13)18/h1-8,13-14H/t13-,14+. The van der Waals surface area contributed by atoms with Crippen LogP contribution in [0.25, 0.3) is 0 Å². The molecule has 0 N–H and O–H groups in total. The number of Topliss-reactive ketones (excluding diaryl/α,β-unsaturated/α-hetero) is 2. The van der Waals surface area contributed by atoms with Crippen molar-refractivity contribution in [3.05, 3.63) is 70.8 Å². The van der Waals surface area contributed by atoms with Crippen LogP contribution >= 0.6 is 0 Å². The number of carbonyl (C=O) groups is 2. The minimum Gasteiger partial charge on any atom is -0.293 e. The van der Waals surface area contributed by atoms with E-state index in [2.05, 4.69) is 0 Å². The molecule has 0 unspecified atom stereocenters. The maximum absolute atomic E-state index is 12.4. The van der Waals surface area contributed by atoms with Crippen molar-refractivity contribution in [3.63, 3.8) is 0 Å². The molecule has 2 aromatic carbocycles. The first kappa shape index (κ1) is 9.77. The molecule has 0 heterocycles. The molecule has 0 aromatic heterocycles. The van der Waals surface area contributed by atoms with Gasteiger partial charge in [-0.1, -0.05) is 48.5 Å². The SMILES string of the molecule is O=C1c2ccccc2[C@@H]2C(=O)c3ccccc3[C@@H]12. The zero-order valence-electron chi connectivity index (χ0n) is 9.59. The molecule has 0 aliphatic heterocycles. The van der Waals surface area contributed by atoms with Crippen LogP contribution in [-0.2, 0) is 0 Å². The van der Waals surface area contributed by atoms with Crippen molar-refractivity contribution in [3.8, 4) is 0 Å². The summed E-state index contributed by atoms with van der Waals surface area (Å²) >= 11 is 0. The number of ketones is 2. The Balaban J connectivity index is 2.01. The fourth-order valence-electron chi connectivity index (χ4n) is 3.26. The lowest BCUT2D eigenvalue weighted by atomic mass is 9.92. The fraction of sp³-hybridized carbons (Fsp3) is 0.125. The van der Waals surface area contributed by atoms with Crippen LogP contribution in [-0.4, -0.2) is 11.6 Å². The van der Waals surface area contributed by atoms with Gasteiger partial charge in [-0.15, -0.1) is 0 Å². The van der Waals surface area contributed by atoms with Crippen molar-refractivity contribution in [2.75, 3.05) is 0 Å². The van der Waals surface area contributed by atoms with Gasteiger partial charge in [0, 0.05) is 11.1 Å². The third kappa shape index (κ3) is 0.986. The van der Waals surface area contributed by atoms with Crippen molar-refractivity contribution in [1.82, 2.24) is 0 Å². The molecule has 86 valence electrons. The van der Waals surface area contributed by atoms with E-state index in [0.29, 0.717) is 0 Å². The summed E-state index contributed by atoms with van der Waals surface area (Å²) in [4.78, 5) is 24.9. The molecule has 2 nitrogen and oxygen atoms in total. The fourth-order valence-corrected chi connectivity index (χ4v) is 3.26. The van der Waals surface area contributed by atoms with E-state index in [-0.39, 0.29) is 23.4 Å². The van der Waals surface area contributed by atoms with Crippen molar-refractivity contribution in [1.29, 1.82) is 0 Å². The van der Waals surface area contributed by atoms with E-state index in [4.69, 9.17) is 0 Å². The molecule has 0 radical (unpaired) electrons. The molecule has 0 fully saturated rings. The molecule has 2 heteroatoms. The van der Waals surface area contributed by atoms with E-state index >= 15 is 0 Å². The second-order valence-corrected chi connectivity index (χ2v) is 4.86. The van der Waals surface area contributed by atoms with Crippen LogP contribution < -0.4 is 0 Å². The summed E-state index contributed by atoms with van der Waals surface area (Å²) in [6.07, 6.45) is 0. The van der Waals surface area contributed by atoms with Crippen LogP contribution in [0.2, 0.25) is 0 Å². The molecule has 2 aliphatic carbocycles. The van der Waals surface area contributed by atoms with Crippen molar-refractivity contribution < 1.29 is 9.59 Å². The molecule has 0 saturated heterocycles. The van der Waals surface area contributed by atoms with Gasteiger partial charge in [0.2, 0.25) is 0 Å². The number of benzene rings is 2. The highest BCUT2D eigenvalue weighted by molar-refractivity contribution is 6.19. The number of rotatable bonds is 0. The smallest absolute Gasteiger partial charge is 0.171 e. The quantitative estimate of drug-likeness (QED) is 0.702. The van der Waals surface area contributed by atoms with E-state index in [1.165, 1.54) is 0 Å². The predicted molar refractivity (Wildman–Crippen MR) is 67.0 cm³/mol. The summed E-state index contributed by atoms with van der Waals surface area (Å²) in [7, 11) is 0. The molecule has 0 spiro atoms. The molecule has 4 rings (SSSR count).